The predicted octanol–water partition coefficient (Wildman–Crippen LogP) is 3.77. The van der Waals surface area contributed by atoms with Crippen LogP contribution in [0.4, 0.5) is 0 Å². The average Bonchev–Trinajstić information content (AvgIpc) is 2.89. The van der Waals surface area contributed by atoms with E-state index < -0.39 is 5.79 Å². The molecule has 1 saturated heterocycles. The van der Waals surface area contributed by atoms with Crippen LogP contribution in [-0.2, 0) is 22.6 Å². The molecule has 4 nitrogen and oxygen atoms in total. The fourth-order valence-electron chi connectivity index (χ4n) is 3.75. The van der Waals surface area contributed by atoms with Crippen molar-refractivity contribution in [2.45, 2.75) is 44.9 Å². The van der Waals surface area contributed by atoms with Gasteiger partial charge in [0.2, 0.25) is 0 Å². The van der Waals surface area contributed by atoms with Gasteiger partial charge in [-0.3, -0.25) is 9.80 Å². The largest absolute Gasteiger partial charge is 0.343 e. The highest BCUT2D eigenvalue weighted by atomic mass is 16.8. The lowest BCUT2D eigenvalue weighted by atomic mass is 10.1. The molecule has 0 aromatic heterocycles. The first kappa shape index (κ1) is 20.0. The van der Waals surface area contributed by atoms with Gasteiger partial charge in [-0.25, -0.2) is 0 Å². The Hall–Kier alpha value is -1.72. The van der Waals surface area contributed by atoms with Gasteiger partial charge in [0.1, 0.15) is 12.2 Å². The number of hydrogen-bond acceptors (Lipinski definition) is 4. The molecule has 1 aliphatic heterocycles. The summed E-state index contributed by atoms with van der Waals surface area (Å²) in [5, 5.41) is 0. The minimum atomic E-state index is -0.531. The van der Waals surface area contributed by atoms with Crippen LogP contribution in [0.3, 0.4) is 0 Å². The van der Waals surface area contributed by atoms with E-state index in [2.05, 4.69) is 84.6 Å². The lowest BCUT2D eigenvalue weighted by Crippen LogP contribution is -2.41. The second-order valence-electron chi connectivity index (χ2n) is 8.08. The lowest BCUT2D eigenvalue weighted by molar-refractivity contribution is -0.148. The van der Waals surface area contributed by atoms with Gasteiger partial charge in [-0.2, -0.15) is 0 Å². The van der Waals surface area contributed by atoms with Crippen molar-refractivity contribution in [1.29, 1.82) is 0 Å². The van der Waals surface area contributed by atoms with E-state index in [9.17, 15) is 0 Å². The van der Waals surface area contributed by atoms with E-state index in [1.807, 2.05) is 13.8 Å². The Morgan fingerprint density at radius 1 is 0.704 bits per heavy atom. The summed E-state index contributed by atoms with van der Waals surface area (Å²) in [6, 6.07) is 21.1. The summed E-state index contributed by atoms with van der Waals surface area (Å²) in [4.78, 5) is 4.63. The molecule has 0 amide bonds. The Morgan fingerprint density at radius 2 is 1.07 bits per heavy atom. The Labute approximate surface area is 163 Å². The first-order chi connectivity index (χ1) is 12.9. The monoisotopic (exact) mass is 368 g/mol. The minimum Gasteiger partial charge on any atom is -0.343 e. The third kappa shape index (κ3) is 6.15. The minimum absolute atomic E-state index is 0.0620. The summed E-state index contributed by atoms with van der Waals surface area (Å²) >= 11 is 0. The van der Waals surface area contributed by atoms with Crippen LogP contribution in [0.2, 0.25) is 0 Å². The molecule has 1 heterocycles. The number of rotatable bonds is 8. The van der Waals surface area contributed by atoms with Crippen LogP contribution in [0, 0.1) is 0 Å². The van der Waals surface area contributed by atoms with E-state index >= 15 is 0 Å². The molecule has 0 unspecified atom stereocenters. The Kier molecular flexibility index (Phi) is 6.66. The standard InChI is InChI=1S/C23H32N2O2/c1-23(2)26-21(17-24(3)15-19-11-7-5-8-12-19)22(27-23)18-25(4)16-20-13-9-6-10-14-20/h5-14,21-22H,15-18H2,1-4H3/t21-,22+. The molecule has 3 rings (SSSR count). The van der Waals surface area contributed by atoms with E-state index in [-0.39, 0.29) is 12.2 Å². The fourth-order valence-corrected chi connectivity index (χ4v) is 3.75. The molecule has 4 heteroatoms. The van der Waals surface area contributed by atoms with Crippen LogP contribution in [0.1, 0.15) is 25.0 Å². The van der Waals surface area contributed by atoms with Gasteiger partial charge >= 0.3 is 0 Å². The van der Waals surface area contributed by atoms with Gasteiger partial charge in [0.05, 0.1) is 0 Å². The van der Waals surface area contributed by atoms with Crippen molar-refractivity contribution >= 4 is 0 Å². The molecule has 27 heavy (non-hydrogen) atoms. The zero-order valence-corrected chi connectivity index (χ0v) is 17.0. The molecule has 0 N–H and O–H groups in total. The van der Waals surface area contributed by atoms with E-state index in [4.69, 9.17) is 9.47 Å². The van der Waals surface area contributed by atoms with Crippen molar-refractivity contribution in [1.82, 2.24) is 9.80 Å². The molecule has 1 fully saturated rings. The Balaban J connectivity index is 1.57. The van der Waals surface area contributed by atoms with Crippen LogP contribution in [0.5, 0.6) is 0 Å². The molecular weight excluding hydrogens is 336 g/mol. The number of ether oxygens (including phenoxy) is 2. The molecule has 0 bridgehead atoms. The van der Waals surface area contributed by atoms with Crippen molar-refractivity contribution in [2.75, 3.05) is 27.2 Å². The number of nitrogens with zero attached hydrogens (tertiary/aromatic N) is 2. The zero-order chi connectivity index (χ0) is 19.3. The highest BCUT2D eigenvalue weighted by Crippen LogP contribution is 2.29. The summed E-state index contributed by atoms with van der Waals surface area (Å²) in [5.74, 6) is -0.531. The van der Waals surface area contributed by atoms with Crippen molar-refractivity contribution in [3.63, 3.8) is 0 Å². The number of likely N-dealkylation sites (N-methyl/N-ethyl adjacent to an activating group) is 2. The molecule has 0 spiro atoms. The van der Waals surface area contributed by atoms with Gasteiger partial charge in [0, 0.05) is 26.2 Å². The fraction of sp³-hybridized carbons (Fsp3) is 0.478. The molecule has 0 saturated carbocycles. The Bertz CT molecular complexity index is 631. The summed E-state index contributed by atoms with van der Waals surface area (Å²) in [5.41, 5.74) is 2.63. The van der Waals surface area contributed by atoms with E-state index in [1.165, 1.54) is 11.1 Å². The summed E-state index contributed by atoms with van der Waals surface area (Å²) in [6.45, 7) is 7.54. The van der Waals surface area contributed by atoms with Crippen molar-refractivity contribution in [2.24, 2.45) is 0 Å². The van der Waals surface area contributed by atoms with Gasteiger partial charge < -0.3 is 9.47 Å². The number of hydrogen-bond donors (Lipinski definition) is 0. The maximum absolute atomic E-state index is 6.23. The topological polar surface area (TPSA) is 24.9 Å². The normalized spacial score (nSPS) is 21.9. The van der Waals surface area contributed by atoms with Crippen LogP contribution < -0.4 is 0 Å². The third-order valence-electron chi connectivity index (χ3n) is 4.86. The molecule has 2 atom stereocenters. The van der Waals surface area contributed by atoms with E-state index in [0.29, 0.717) is 0 Å². The third-order valence-corrected chi connectivity index (χ3v) is 4.86. The second kappa shape index (κ2) is 8.98. The molecule has 2 aromatic rings. The van der Waals surface area contributed by atoms with E-state index in [1.54, 1.807) is 0 Å². The summed E-state index contributed by atoms with van der Waals surface area (Å²) in [6.07, 6.45) is 0.124. The average molecular weight is 369 g/mol. The van der Waals surface area contributed by atoms with Gasteiger partial charge in [0.25, 0.3) is 0 Å². The van der Waals surface area contributed by atoms with Gasteiger partial charge in [0.15, 0.2) is 5.79 Å². The SMILES string of the molecule is CN(Cc1ccccc1)C[C@@H]1OC(C)(C)O[C@@H]1CN(C)Cc1ccccc1. The van der Waals surface area contributed by atoms with Crippen molar-refractivity contribution in [3.8, 4) is 0 Å². The predicted molar refractivity (Wildman–Crippen MR) is 109 cm³/mol. The van der Waals surface area contributed by atoms with Crippen molar-refractivity contribution < 1.29 is 9.47 Å². The molecule has 2 aromatic carbocycles. The van der Waals surface area contributed by atoms with Crippen LogP contribution in [-0.4, -0.2) is 55.0 Å². The first-order valence-corrected chi connectivity index (χ1v) is 9.72. The van der Waals surface area contributed by atoms with Gasteiger partial charge in [-0.15, -0.1) is 0 Å². The second-order valence-corrected chi connectivity index (χ2v) is 8.08. The molecule has 0 aliphatic carbocycles. The van der Waals surface area contributed by atoms with Crippen LogP contribution in [0.25, 0.3) is 0 Å². The molecular formula is C23H32N2O2. The lowest BCUT2D eigenvalue weighted by Gasteiger charge is -2.26. The highest BCUT2D eigenvalue weighted by molar-refractivity contribution is 5.15. The quantitative estimate of drug-likeness (QED) is 0.708. The molecule has 146 valence electrons. The maximum Gasteiger partial charge on any atom is 0.163 e. The van der Waals surface area contributed by atoms with E-state index in [0.717, 1.165) is 26.2 Å². The summed E-state index contributed by atoms with van der Waals surface area (Å²) < 4.78 is 12.5. The summed E-state index contributed by atoms with van der Waals surface area (Å²) in [7, 11) is 4.29. The van der Waals surface area contributed by atoms with Crippen LogP contribution >= 0.6 is 0 Å². The van der Waals surface area contributed by atoms with Gasteiger partial charge in [-0.05, 0) is 39.1 Å². The Morgan fingerprint density at radius 3 is 1.44 bits per heavy atom. The van der Waals surface area contributed by atoms with Crippen LogP contribution in [0.15, 0.2) is 60.7 Å². The zero-order valence-electron chi connectivity index (χ0n) is 17.0. The number of benzene rings is 2. The molecule has 0 radical (unpaired) electrons. The maximum atomic E-state index is 6.23. The first-order valence-electron chi connectivity index (χ1n) is 9.72. The highest BCUT2D eigenvalue weighted by Gasteiger charge is 2.41. The van der Waals surface area contributed by atoms with Gasteiger partial charge in [-0.1, -0.05) is 60.7 Å². The molecule has 1 aliphatic rings. The smallest absolute Gasteiger partial charge is 0.163 e. The van der Waals surface area contributed by atoms with Crippen molar-refractivity contribution in [3.05, 3.63) is 71.8 Å².